The van der Waals surface area contributed by atoms with Gasteiger partial charge in [-0.15, -0.1) is 0 Å². The van der Waals surface area contributed by atoms with E-state index >= 15 is 0 Å². The Kier molecular flexibility index (Phi) is 2.13. The Morgan fingerprint density at radius 2 is 2.13 bits per heavy atom. The molecular weight excluding hydrogens is 209 g/mol. The first-order chi connectivity index (χ1) is 7.00. The van der Waals surface area contributed by atoms with E-state index in [0.717, 1.165) is 6.20 Å². The van der Waals surface area contributed by atoms with Crippen LogP contribution in [0, 0.1) is 0 Å². The van der Waals surface area contributed by atoms with Crippen molar-refractivity contribution in [1.82, 2.24) is 10.3 Å². The molecule has 2 heterocycles. The monoisotopic (exact) mass is 216 g/mol. The Hall–Kier alpha value is -1.59. The Morgan fingerprint density at radius 3 is 2.80 bits per heavy atom. The number of carbonyl (C=O) groups is 1. The molecule has 1 aromatic rings. The second-order valence-electron chi connectivity index (χ2n) is 3.19. The van der Waals surface area contributed by atoms with Crippen LogP contribution in [-0.2, 0) is 12.6 Å². The molecule has 80 valence electrons. The Morgan fingerprint density at radius 1 is 1.40 bits per heavy atom. The van der Waals surface area contributed by atoms with E-state index in [1.807, 2.05) is 0 Å². The zero-order valence-corrected chi connectivity index (χ0v) is 7.56. The Bertz CT molecular complexity index is 414. The summed E-state index contributed by atoms with van der Waals surface area (Å²) in [7, 11) is 0. The molecule has 6 heteroatoms. The third-order valence-corrected chi connectivity index (χ3v) is 2.23. The zero-order chi connectivity index (χ0) is 11.1. The maximum absolute atomic E-state index is 12.5. The molecule has 0 bridgehead atoms. The Labute approximate surface area is 83.3 Å². The number of fused-ring (bicyclic) bond motifs is 1. The number of rotatable bonds is 0. The molecule has 15 heavy (non-hydrogen) atoms. The van der Waals surface area contributed by atoms with Crippen molar-refractivity contribution in [1.29, 1.82) is 0 Å². The van der Waals surface area contributed by atoms with Crippen LogP contribution in [0.1, 0.15) is 21.6 Å². The fraction of sp³-hybridized carbons (Fsp3) is 0.333. The molecule has 1 aliphatic heterocycles. The highest BCUT2D eigenvalue weighted by atomic mass is 19.4. The minimum Gasteiger partial charge on any atom is -0.352 e. The van der Waals surface area contributed by atoms with Gasteiger partial charge in [-0.1, -0.05) is 0 Å². The van der Waals surface area contributed by atoms with E-state index in [9.17, 15) is 18.0 Å². The summed E-state index contributed by atoms with van der Waals surface area (Å²) in [6.45, 7) is 0.223. The third-order valence-electron chi connectivity index (χ3n) is 2.23. The van der Waals surface area contributed by atoms with E-state index in [2.05, 4.69) is 10.3 Å². The zero-order valence-electron chi connectivity index (χ0n) is 7.56. The van der Waals surface area contributed by atoms with Crippen molar-refractivity contribution in [2.75, 3.05) is 6.54 Å². The van der Waals surface area contributed by atoms with Gasteiger partial charge in [0.2, 0.25) is 0 Å². The standard InChI is InChI=1S/C9H7F3N2O/c10-9(11,12)7-5-1-4-14-8(15)6(5)2-3-13-7/h2-3H,1,4H2,(H,14,15). The van der Waals surface area contributed by atoms with Gasteiger partial charge in [0.05, 0.1) is 0 Å². The van der Waals surface area contributed by atoms with E-state index < -0.39 is 17.8 Å². The molecule has 1 aliphatic rings. The van der Waals surface area contributed by atoms with E-state index in [1.165, 1.54) is 6.07 Å². The van der Waals surface area contributed by atoms with E-state index in [4.69, 9.17) is 0 Å². The maximum atomic E-state index is 12.5. The number of hydrogen-bond acceptors (Lipinski definition) is 2. The lowest BCUT2D eigenvalue weighted by atomic mass is 9.99. The number of pyridine rings is 1. The number of nitrogens with one attached hydrogen (secondary N) is 1. The summed E-state index contributed by atoms with van der Waals surface area (Å²) in [5.41, 5.74) is -0.882. The van der Waals surface area contributed by atoms with Crippen LogP contribution in [0.5, 0.6) is 0 Å². The average molecular weight is 216 g/mol. The van der Waals surface area contributed by atoms with Gasteiger partial charge in [-0.05, 0) is 18.1 Å². The van der Waals surface area contributed by atoms with Gasteiger partial charge < -0.3 is 5.32 Å². The molecule has 0 unspecified atom stereocenters. The van der Waals surface area contributed by atoms with Crippen LogP contribution in [0.3, 0.4) is 0 Å². The molecule has 0 spiro atoms. The van der Waals surface area contributed by atoms with Gasteiger partial charge in [0.1, 0.15) is 5.69 Å². The molecule has 3 nitrogen and oxygen atoms in total. The third kappa shape index (κ3) is 1.67. The van der Waals surface area contributed by atoms with Gasteiger partial charge >= 0.3 is 6.18 Å². The molecule has 1 amide bonds. The highest BCUT2D eigenvalue weighted by Crippen LogP contribution is 2.32. The molecule has 2 rings (SSSR count). The summed E-state index contributed by atoms with van der Waals surface area (Å²) in [4.78, 5) is 14.6. The fourth-order valence-electron chi connectivity index (χ4n) is 1.60. The summed E-state index contributed by atoms with van der Waals surface area (Å²) >= 11 is 0. The second-order valence-corrected chi connectivity index (χ2v) is 3.19. The first-order valence-corrected chi connectivity index (χ1v) is 4.33. The molecule has 0 radical (unpaired) electrons. The normalized spacial score (nSPS) is 15.8. The lowest BCUT2D eigenvalue weighted by Crippen LogP contribution is -2.33. The number of amides is 1. The number of halogens is 3. The topological polar surface area (TPSA) is 42.0 Å². The lowest BCUT2D eigenvalue weighted by molar-refractivity contribution is -0.141. The van der Waals surface area contributed by atoms with Gasteiger partial charge in [-0.3, -0.25) is 9.78 Å². The summed E-state index contributed by atoms with van der Waals surface area (Å²) in [5, 5.41) is 2.48. The van der Waals surface area contributed by atoms with Crippen LogP contribution < -0.4 is 5.32 Å². The van der Waals surface area contributed by atoms with Crippen molar-refractivity contribution in [3.63, 3.8) is 0 Å². The Balaban J connectivity index is 2.59. The molecule has 0 saturated heterocycles. The minimum atomic E-state index is -4.50. The van der Waals surface area contributed by atoms with Crippen molar-refractivity contribution >= 4 is 5.91 Å². The molecule has 0 atom stereocenters. The van der Waals surface area contributed by atoms with Crippen molar-refractivity contribution in [2.24, 2.45) is 0 Å². The lowest BCUT2D eigenvalue weighted by Gasteiger charge is -2.19. The van der Waals surface area contributed by atoms with Crippen LogP contribution in [0.25, 0.3) is 0 Å². The van der Waals surface area contributed by atoms with Crippen LogP contribution in [-0.4, -0.2) is 17.4 Å². The van der Waals surface area contributed by atoms with Gasteiger partial charge in [0.25, 0.3) is 5.91 Å². The summed E-state index contributed by atoms with van der Waals surface area (Å²) in [5.74, 6) is -0.468. The van der Waals surface area contributed by atoms with Crippen molar-refractivity contribution in [3.8, 4) is 0 Å². The van der Waals surface area contributed by atoms with E-state index in [0.29, 0.717) is 0 Å². The predicted octanol–water partition coefficient (Wildman–Crippen LogP) is 1.39. The van der Waals surface area contributed by atoms with Crippen molar-refractivity contribution in [2.45, 2.75) is 12.6 Å². The summed E-state index contributed by atoms with van der Waals surface area (Å²) in [6.07, 6.45) is -3.32. The van der Waals surface area contributed by atoms with Crippen LogP contribution >= 0.6 is 0 Å². The van der Waals surface area contributed by atoms with Crippen molar-refractivity contribution < 1.29 is 18.0 Å². The molecular formula is C9H7F3N2O. The van der Waals surface area contributed by atoms with Gasteiger partial charge in [0, 0.05) is 18.3 Å². The minimum absolute atomic E-state index is 0.00579. The average Bonchev–Trinajstić information content (AvgIpc) is 2.16. The molecule has 0 aromatic carbocycles. The molecule has 1 N–H and O–H groups in total. The first kappa shape index (κ1) is 9.95. The summed E-state index contributed by atoms with van der Waals surface area (Å²) in [6, 6.07) is 1.30. The maximum Gasteiger partial charge on any atom is 0.433 e. The highest BCUT2D eigenvalue weighted by molar-refractivity contribution is 5.96. The molecule has 1 aromatic heterocycles. The highest BCUT2D eigenvalue weighted by Gasteiger charge is 2.37. The van der Waals surface area contributed by atoms with Crippen molar-refractivity contribution in [3.05, 3.63) is 29.1 Å². The number of aromatic nitrogens is 1. The number of alkyl halides is 3. The molecule has 0 saturated carbocycles. The van der Waals surface area contributed by atoms with Gasteiger partial charge in [-0.25, -0.2) is 0 Å². The SMILES string of the molecule is O=C1NCCc2c1ccnc2C(F)(F)F. The first-order valence-electron chi connectivity index (χ1n) is 4.33. The molecule has 0 aliphatic carbocycles. The number of nitrogens with zero attached hydrogens (tertiary/aromatic N) is 1. The quantitative estimate of drug-likeness (QED) is 0.712. The number of hydrogen-bond donors (Lipinski definition) is 1. The largest absolute Gasteiger partial charge is 0.433 e. The van der Waals surface area contributed by atoms with Gasteiger partial charge in [0.15, 0.2) is 0 Å². The van der Waals surface area contributed by atoms with Crippen LogP contribution in [0.2, 0.25) is 0 Å². The van der Waals surface area contributed by atoms with Crippen LogP contribution in [0.15, 0.2) is 12.3 Å². The second kappa shape index (κ2) is 3.22. The van der Waals surface area contributed by atoms with E-state index in [-0.39, 0.29) is 24.1 Å². The van der Waals surface area contributed by atoms with Gasteiger partial charge in [-0.2, -0.15) is 13.2 Å². The molecule has 0 fully saturated rings. The predicted molar refractivity (Wildman–Crippen MR) is 45.3 cm³/mol. The van der Waals surface area contributed by atoms with Crippen LogP contribution in [0.4, 0.5) is 13.2 Å². The fourth-order valence-corrected chi connectivity index (χ4v) is 1.60. The smallest absolute Gasteiger partial charge is 0.352 e. The summed E-state index contributed by atoms with van der Waals surface area (Å²) < 4.78 is 37.5. The number of carbonyl (C=O) groups excluding carboxylic acids is 1. The van der Waals surface area contributed by atoms with E-state index in [1.54, 1.807) is 0 Å².